The number of hydrogen-bond donors (Lipinski definition) is 0. The fourth-order valence-electron chi connectivity index (χ4n) is 20.6. The lowest BCUT2D eigenvalue weighted by Crippen LogP contribution is -2.64. The Labute approximate surface area is 793 Å². The van der Waals surface area contributed by atoms with E-state index in [0.29, 0.717) is 6.71 Å². The van der Waals surface area contributed by atoms with Gasteiger partial charge in [-0.25, -0.2) is 0 Å². The Kier molecular flexibility index (Phi) is 38.4. The van der Waals surface area contributed by atoms with E-state index in [0.717, 1.165) is 50.0 Å². The Bertz CT molecular complexity index is 5900. The molecule has 0 saturated heterocycles. The lowest BCUT2D eigenvalue weighted by molar-refractivity contribution is 0.487. The molecule has 9 aliphatic heterocycles. The fraction of sp³-hybridized carbons (Fsp3) is 0.256. The second-order valence-electron chi connectivity index (χ2n) is 30.6. The molecule has 0 radical (unpaired) electrons. The monoisotopic (exact) mass is 1720 g/mol. The van der Waals surface area contributed by atoms with E-state index in [1.54, 1.807) is 0 Å². The van der Waals surface area contributed by atoms with Gasteiger partial charge >= 0.3 is 0 Å². The van der Waals surface area contributed by atoms with E-state index in [2.05, 4.69) is 340 Å². The molecule has 0 spiro atoms. The standard InChI is InChI=1S/C33H25B2N.C32H22B2O.C32H22B2S.12C2H6/c1-36-31-16-8-7-15-28(31)35-30-21-29-24(20-25(30)19-23-11-9-17-32(36)33(23)35)18-22-10-5-6-14-27(22)34(29)26-12-3-2-4-13-26;2*1-2-11-25(12-3-1)33-26-13-5-4-9-21(26)17-23-19-24-18-22-10-8-16-31-32(22)34(29(24)20-28(23)33)27-14-6-7-15-30(27)35-31;12*1-2/h2-17,20-21H,18-19H2,1H3;2*1-16,19-20H,17-18H2;12*1-2H3. The number of nitrogens with zero attached hydrogens (tertiary/aromatic N) is 1. The van der Waals surface area contributed by atoms with Crippen molar-refractivity contribution in [3.05, 3.63) is 394 Å². The van der Waals surface area contributed by atoms with Crippen LogP contribution in [-0.4, -0.2) is 47.3 Å². The molecule has 0 amide bonds. The van der Waals surface area contributed by atoms with Gasteiger partial charge in [0.15, 0.2) is 0 Å². The molecule has 15 aromatic carbocycles. The summed E-state index contributed by atoms with van der Waals surface area (Å²) in [7, 11) is 2.22. The number of fused-ring (bicyclic) bond motifs is 18. The molecule has 9 aliphatic rings. The zero-order valence-electron chi connectivity index (χ0n) is 83.1. The van der Waals surface area contributed by atoms with E-state index in [1.165, 1.54) is 186 Å². The Balaban J connectivity index is 0.000000181. The van der Waals surface area contributed by atoms with Crippen LogP contribution >= 0.6 is 11.8 Å². The highest BCUT2D eigenvalue weighted by molar-refractivity contribution is 8.00. The normalized spacial score (nSPS) is 12.2. The van der Waals surface area contributed by atoms with Gasteiger partial charge in [-0.15, -0.1) is 0 Å². The Morgan fingerprint density at radius 2 is 0.462 bits per heavy atom. The summed E-state index contributed by atoms with van der Waals surface area (Å²) in [5.74, 6) is 2.00. The third-order valence-corrected chi connectivity index (χ3v) is 26.2. The van der Waals surface area contributed by atoms with Crippen LogP contribution in [0.25, 0.3) is 0 Å². The molecule has 0 fully saturated rings. The summed E-state index contributed by atoms with van der Waals surface area (Å²) in [6.07, 6.45) is 6.04. The number of benzene rings is 15. The van der Waals surface area contributed by atoms with E-state index >= 15 is 0 Å². The Morgan fingerprint density at radius 3 is 0.885 bits per heavy atom. The van der Waals surface area contributed by atoms with Crippen molar-refractivity contribution >= 4 is 162 Å². The molecule has 0 bridgehead atoms. The first-order chi connectivity index (χ1) is 64.5. The lowest BCUT2D eigenvalue weighted by Gasteiger charge is -2.39. The van der Waals surface area contributed by atoms with E-state index in [-0.39, 0.29) is 33.6 Å². The fourth-order valence-corrected chi connectivity index (χ4v) is 21.8. The average molecular weight is 1720 g/mol. The number of para-hydroxylation sites is 2. The Morgan fingerprint density at radius 1 is 0.192 bits per heavy atom. The maximum Gasteiger partial charge on any atom is 0.251 e. The highest BCUT2D eigenvalue weighted by atomic mass is 32.2. The van der Waals surface area contributed by atoms with Crippen LogP contribution in [0.4, 0.5) is 11.4 Å². The zero-order valence-corrected chi connectivity index (χ0v) is 84.0. The summed E-state index contributed by atoms with van der Waals surface area (Å²) in [6.45, 7) is 49.6. The van der Waals surface area contributed by atoms with Crippen molar-refractivity contribution in [3.8, 4) is 11.5 Å². The van der Waals surface area contributed by atoms with Crippen molar-refractivity contribution in [1.29, 1.82) is 0 Å². The first-order valence-corrected chi connectivity index (χ1v) is 50.9. The average Bonchev–Trinajstić information content (AvgIpc) is 0.722. The second kappa shape index (κ2) is 49.6. The van der Waals surface area contributed by atoms with Crippen molar-refractivity contribution < 1.29 is 4.74 Å². The zero-order chi connectivity index (χ0) is 93.7. The van der Waals surface area contributed by atoms with Crippen molar-refractivity contribution in [2.75, 3.05) is 11.9 Å². The molecular formula is C121H141B6NOS. The largest absolute Gasteiger partial charge is 0.458 e. The van der Waals surface area contributed by atoms with Crippen LogP contribution in [0.5, 0.6) is 11.5 Å². The summed E-state index contributed by atoms with van der Waals surface area (Å²) in [5.41, 5.74) is 46.2. The van der Waals surface area contributed by atoms with Crippen molar-refractivity contribution in [2.24, 2.45) is 0 Å². The molecule has 660 valence electrons. The Hall–Kier alpha value is -11.4. The highest BCUT2D eigenvalue weighted by Gasteiger charge is 2.45. The van der Waals surface area contributed by atoms with Crippen LogP contribution in [0, 0.1) is 0 Å². The molecule has 130 heavy (non-hydrogen) atoms. The molecule has 9 heteroatoms. The molecule has 0 N–H and O–H groups in total. The second-order valence-corrected chi connectivity index (χ2v) is 31.7. The molecule has 2 nitrogen and oxygen atoms in total. The van der Waals surface area contributed by atoms with Crippen molar-refractivity contribution in [3.63, 3.8) is 0 Å². The van der Waals surface area contributed by atoms with Crippen LogP contribution < -0.4 is 108 Å². The quantitative estimate of drug-likeness (QED) is 0.164. The molecule has 0 unspecified atom stereocenters. The molecule has 0 aromatic heterocycles. The minimum Gasteiger partial charge on any atom is -0.458 e. The third kappa shape index (κ3) is 19.8. The van der Waals surface area contributed by atoms with E-state index < -0.39 is 0 Å². The lowest BCUT2D eigenvalue weighted by atomic mass is 9.29. The molecule has 9 heterocycles. The summed E-state index contributed by atoms with van der Waals surface area (Å²) in [4.78, 5) is 5.22. The highest BCUT2D eigenvalue weighted by Crippen LogP contribution is 2.36. The van der Waals surface area contributed by atoms with Gasteiger partial charge in [0.2, 0.25) is 33.6 Å². The summed E-state index contributed by atoms with van der Waals surface area (Å²) in [5, 5.41) is 0. The molecule has 24 rings (SSSR count). The first-order valence-electron chi connectivity index (χ1n) is 50.0. The predicted octanol–water partition coefficient (Wildman–Crippen LogP) is 20.5. The number of hydrogen-bond acceptors (Lipinski definition) is 3. The van der Waals surface area contributed by atoms with Crippen LogP contribution in [0.1, 0.15) is 233 Å². The minimum atomic E-state index is 0.216. The van der Waals surface area contributed by atoms with Crippen LogP contribution in [0.2, 0.25) is 0 Å². The molecule has 0 saturated carbocycles. The summed E-state index contributed by atoms with van der Waals surface area (Å²) in [6, 6.07) is 123. The van der Waals surface area contributed by atoms with E-state index in [1.807, 2.05) is 178 Å². The van der Waals surface area contributed by atoms with Gasteiger partial charge < -0.3 is 9.64 Å². The van der Waals surface area contributed by atoms with Crippen molar-refractivity contribution in [2.45, 2.75) is 214 Å². The summed E-state index contributed by atoms with van der Waals surface area (Å²) >= 11 is 1.94. The van der Waals surface area contributed by atoms with E-state index in [9.17, 15) is 0 Å². The van der Waals surface area contributed by atoms with Crippen molar-refractivity contribution in [1.82, 2.24) is 0 Å². The third-order valence-electron chi connectivity index (χ3n) is 25.1. The molecule has 0 atom stereocenters. The number of rotatable bonds is 3. The molecular weight excluding hydrogens is 1580 g/mol. The van der Waals surface area contributed by atoms with Gasteiger partial charge in [-0.2, -0.15) is 0 Å². The van der Waals surface area contributed by atoms with Crippen LogP contribution in [-0.2, 0) is 38.5 Å². The van der Waals surface area contributed by atoms with Gasteiger partial charge in [0.05, 0.1) is 0 Å². The molecule has 0 aliphatic carbocycles. The van der Waals surface area contributed by atoms with Gasteiger partial charge in [0.1, 0.15) is 11.5 Å². The minimum absolute atomic E-state index is 0.216. The van der Waals surface area contributed by atoms with Gasteiger partial charge in [0, 0.05) is 28.2 Å². The maximum atomic E-state index is 6.39. The predicted molar refractivity (Wildman–Crippen MR) is 590 cm³/mol. The van der Waals surface area contributed by atoms with Gasteiger partial charge in [-0.1, -0.05) is 546 Å². The number of ether oxygens (including phenoxy) is 1. The topological polar surface area (TPSA) is 12.5 Å². The van der Waals surface area contributed by atoms with Gasteiger partial charge in [-0.3, -0.25) is 0 Å². The smallest absolute Gasteiger partial charge is 0.251 e. The number of anilines is 2. The maximum absolute atomic E-state index is 6.39. The summed E-state index contributed by atoms with van der Waals surface area (Å²) < 4.78 is 6.39. The molecule has 15 aromatic rings. The van der Waals surface area contributed by atoms with Gasteiger partial charge in [-0.05, 0) is 164 Å². The van der Waals surface area contributed by atoms with Crippen LogP contribution in [0.15, 0.2) is 337 Å². The van der Waals surface area contributed by atoms with Crippen LogP contribution in [0.3, 0.4) is 0 Å². The SMILES string of the molecule is CC.CC.CC.CC.CC.CC.CC.CC.CC.CC.CC.CC.CN1c2ccccc2B2c3cc4c(cc3Cc3cccc1c32)Cc1ccccc1B4c1ccccc1.c1ccc(B2c3ccccc3Cc3cc4c(cc32)B2c3ccccc3Oc3cccc(c32)C4)cc1.c1ccc(B2c3ccccc3Cc3cc4c(cc32)B2c3ccccc3Sc3cccc(c32)C4)cc1. The first kappa shape index (κ1) is 101. The van der Waals surface area contributed by atoms with Gasteiger partial charge in [0.25, 0.3) is 6.71 Å². The van der Waals surface area contributed by atoms with E-state index in [4.69, 9.17) is 4.74 Å².